The zero-order valence-electron chi connectivity index (χ0n) is 23.5. The van der Waals surface area contributed by atoms with E-state index in [-0.39, 0.29) is 0 Å². The van der Waals surface area contributed by atoms with Crippen LogP contribution in [0, 0.1) is 0 Å². The predicted molar refractivity (Wildman–Crippen MR) is 153 cm³/mol. The molecule has 1 heterocycles. The van der Waals surface area contributed by atoms with Gasteiger partial charge in [0.05, 0.1) is 13.1 Å². The lowest BCUT2D eigenvalue weighted by atomic mass is 10.1. The van der Waals surface area contributed by atoms with E-state index in [0.717, 1.165) is 6.54 Å². The second-order valence-electron chi connectivity index (χ2n) is 10.7. The van der Waals surface area contributed by atoms with Gasteiger partial charge in [-0.15, -0.1) is 0 Å². The van der Waals surface area contributed by atoms with Gasteiger partial charge in [0.2, 0.25) is 0 Å². The van der Waals surface area contributed by atoms with Crippen molar-refractivity contribution < 1.29 is 4.57 Å². The molecule has 0 amide bonds. The Hall–Kier alpha value is -1.57. The molecular formula is C33H57N2+. The number of imidazole rings is 1. The van der Waals surface area contributed by atoms with Gasteiger partial charge in [-0.25, -0.2) is 9.13 Å². The number of benzene rings is 1. The summed E-state index contributed by atoms with van der Waals surface area (Å²) in [6.07, 6.45) is 32.2. The molecule has 0 N–H and O–H groups in total. The fourth-order valence-corrected chi connectivity index (χ4v) is 5.30. The summed E-state index contributed by atoms with van der Waals surface area (Å²) in [5.41, 5.74) is 1.46. The zero-order chi connectivity index (χ0) is 24.8. The topological polar surface area (TPSA) is 8.81 Å². The van der Waals surface area contributed by atoms with Gasteiger partial charge in [0.25, 0.3) is 5.82 Å². The van der Waals surface area contributed by atoms with E-state index in [1.165, 1.54) is 141 Å². The molecule has 0 bridgehead atoms. The Kier molecular flexibility index (Phi) is 17.5. The fourth-order valence-electron chi connectivity index (χ4n) is 5.30. The van der Waals surface area contributed by atoms with E-state index in [4.69, 9.17) is 0 Å². The second-order valence-corrected chi connectivity index (χ2v) is 10.7. The minimum Gasteiger partial charge on any atom is -0.234 e. The molecule has 0 aliphatic heterocycles. The van der Waals surface area contributed by atoms with Crippen LogP contribution < -0.4 is 4.57 Å². The maximum atomic E-state index is 2.59. The Morgan fingerprint density at radius 3 is 1.71 bits per heavy atom. The lowest BCUT2D eigenvalue weighted by Gasteiger charge is -2.07. The van der Waals surface area contributed by atoms with Crippen LogP contribution in [-0.2, 0) is 25.9 Å². The third kappa shape index (κ3) is 13.9. The molecule has 2 nitrogen and oxygen atoms in total. The predicted octanol–water partition coefficient (Wildman–Crippen LogP) is 9.62. The number of rotatable bonds is 23. The third-order valence-corrected chi connectivity index (χ3v) is 7.55. The summed E-state index contributed by atoms with van der Waals surface area (Å²) in [5, 5.41) is 0. The molecule has 2 heteroatoms. The summed E-state index contributed by atoms with van der Waals surface area (Å²) < 4.78 is 5.15. The molecule has 0 spiro atoms. The molecule has 0 saturated carbocycles. The Labute approximate surface area is 218 Å². The molecular weight excluding hydrogens is 424 g/mol. The van der Waals surface area contributed by atoms with Gasteiger partial charge in [-0.1, -0.05) is 134 Å². The maximum absolute atomic E-state index is 2.59. The first-order valence-corrected chi connectivity index (χ1v) is 15.5. The second kappa shape index (κ2) is 20.6. The highest BCUT2D eigenvalue weighted by Gasteiger charge is 2.16. The maximum Gasteiger partial charge on any atom is 0.256 e. The summed E-state index contributed by atoms with van der Waals surface area (Å²) in [6.45, 7) is 6.95. The van der Waals surface area contributed by atoms with E-state index >= 15 is 0 Å². The largest absolute Gasteiger partial charge is 0.256 e. The Morgan fingerprint density at radius 2 is 1.11 bits per heavy atom. The van der Waals surface area contributed by atoms with Gasteiger partial charge < -0.3 is 0 Å². The average molecular weight is 482 g/mol. The van der Waals surface area contributed by atoms with Crippen LogP contribution in [0.3, 0.4) is 0 Å². The van der Waals surface area contributed by atoms with Crippen molar-refractivity contribution in [3.8, 4) is 0 Å². The average Bonchev–Trinajstić information content (AvgIpc) is 3.26. The number of unbranched alkanes of at least 4 members (excludes halogenated alkanes) is 15. The van der Waals surface area contributed by atoms with Gasteiger partial charge in [0, 0.05) is 6.42 Å². The van der Waals surface area contributed by atoms with Crippen LogP contribution in [0.25, 0.3) is 0 Å². The molecule has 2 rings (SSSR count). The molecule has 198 valence electrons. The molecule has 2 aromatic rings. The molecule has 0 atom stereocenters. The first kappa shape index (κ1) is 29.7. The molecule has 0 saturated heterocycles. The van der Waals surface area contributed by atoms with E-state index in [9.17, 15) is 0 Å². The number of aromatic nitrogens is 2. The minimum absolute atomic E-state index is 1.14. The standard InChI is InChI=1S/C33H57N2/c1-3-5-7-9-11-12-13-14-15-17-22-28-34-30-31-35(29-23-26-32-24-19-18-20-25-32)33(34)27-21-16-10-8-6-4-2/h18-20,24-25,30-31H,3-17,21-23,26-29H2,1-2H3/q+1. The molecule has 1 aromatic heterocycles. The minimum atomic E-state index is 1.14. The molecule has 0 unspecified atom stereocenters. The molecule has 0 aliphatic rings. The summed E-state index contributed by atoms with van der Waals surface area (Å²) in [6, 6.07) is 11.0. The summed E-state index contributed by atoms with van der Waals surface area (Å²) in [7, 11) is 0. The van der Waals surface area contributed by atoms with Gasteiger partial charge in [-0.2, -0.15) is 0 Å². The number of hydrogen-bond donors (Lipinski definition) is 0. The first-order chi connectivity index (χ1) is 17.3. The Bertz CT molecular complexity index is 718. The van der Waals surface area contributed by atoms with Crippen LogP contribution in [0.15, 0.2) is 42.7 Å². The number of aryl methyl sites for hydroxylation is 3. The van der Waals surface area contributed by atoms with Gasteiger partial charge >= 0.3 is 0 Å². The quantitative estimate of drug-likeness (QED) is 0.110. The van der Waals surface area contributed by atoms with Crippen molar-refractivity contribution in [2.45, 2.75) is 155 Å². The molecule has 1 aromatic carbocycles. The highest BCUT2D eigenvalue weighted by atomic mass is 15.1. The highest BCUT2D eigenvalue weighted by molar-refractivity contribution is 5.14. The fraction of sp³-hybridized carbons (Fsp3) is 0.727. The van der Waals surface area contributed by atoms with Crippen molar-refractivity contribution in [1.29, 1.82) is 0 Å². The summed E-state index contributed by atoms with van der Waals surface area (Å²) >= 11 is 0. The smallest absolute Gasteiger partial charge is 0.234 e. The molecule has 0 radical (unpaired) electrons. The van der Waals surface area contributed by atoms with E-state index in [1.54, 1.807) is 5.82 Å². The molecule has 35 heavy (non-hydrogen) atoms. The van der Waals surface area contributed by atoms with Crippen LogP contribution in [0.1, 0.15) is 141 Å². The SMILES string of the molecule is CCCCCCCCCCCCCn1cc[n+](CCCc2ccccc2)c1CCCCCCCC. The van der Waals surface area contributed by atoms with Crippen molar-refractivity contribution in [2.24, 2.45) is 0 Å². The normalized spacial score (nSPS) is 11.4. The summed E-state index contributed by atoms with van der Waals surface area (Å²) in [4.78, 5) is 0. The van der Waals surface area contributed by atoms with Gasteiger partial charge in [0.15, 0.2) is 0 Å². The van der Waals surface area contributed by atoms with Crippen molar-refractivity contribution in [2.75, 3.05) is 0 Å². The van der Waals surface area contributed by atoms with Crippen molar-refractivity contribution in [3.05, 3.63) is 54.1 Å². The summed E-state index contributed by atoms with van der Waals surface area (Å²) in [5.74, 6) is 1.57. The lowest BCUT2D eigenvalue weighted by molar-refractivity contribution is -0.704. The number of hydrogen-bond acceptors (Lipinski definition) is 0. The van der Waals surface area contributed by atoms with Gasteiger partial charge in [0.1, 0.15) is 12.4 Å². The Balaban J connectivity index is 1.71. The van der Waals surface area contributed by atoms with E-state index in [1.807, 2.05) is 0 Å². The Morgan fingerprint density at radius 1 is 0.571 bits per heavy atom. The zero-order valence-corrected chi connectivity index (χ0v) is 23.5. The molecule has 0 fully saturated rings. The van der Waals surface area contributed by atoms with Crippen LogP contribution >= 0.6 is 0 Å². The number of nitrogens with zero attached hydrogens (tertiary/aromatic N) is 2. The van der Waals surface area contributed by atoms with E-state index < -0.39 is 0 Å². The van der Waals surface area contributed by atoms with Crippen LogP contribution in [0.4, 0.5) is 0 Å². The van der Waals surface area contributed by atoms with Crippen LogP contribution in [0.2, 0.25) is 0 Å². The molecule has 0 aliphatic carbocycles. The van der Waals surface area contributed by atoms with Crippen LogP contribution in [0.5, 0.6) is 0 Å². The lowest BCUT2D eigenvalue weighted by Crippen LogP contribution is -2.37. The third-order valence-electron chi connectivity index (χ3n) is 7.55. The monoisotopic (exact) mass is 481 g/mol. The van der Waals surface area contributed by atoms with E-state index in [0.29, 0.717) is 0 Å². The van der Waals surface area contributed by atoms with Crippen LogP contribution in [-0.4, -0.2) is 4.57 Å². The van der Waals surface area contributed by atoms with Crippen molar-refractivity contribution >= 4 is 0 Å². The highest BCUT2D eigenvalue weighted by Crippen LogP contribution is 2.13. The van der Waals surface area contributed by atoms with Gasteiger partial charge in [-0.05, 0) is 37.7 Å². The van der Waals surface area contributed by atoms with Gasteiger partial charge in [-0.3, -0.25) is 0 Å². The first-order valence-electron chi connectivity index (χ1n) is 15.5. The van der Waals surface area contributed by atoms with Crippen molar-refractivity contribution in [3.63, 3.8) is 0 Å². The van der Waals surface area contributed by atoms with Crippen molar-refractivity contribution in [1.82, 2.24) is 4.57 Å². The van der Waals surface area contributed by atoms with E-state index in [2.05, 4.69) is 65.7 Å².